The molecule has 0 aromatic heterocycles. The quantitative estimate of drug-likeness (QED) is 0.439. The van der Waals surface area contributed by atoms with E-state index in [1.807, 2.05) is 43.3 Å². The number of carboxylic acids is 2. The summed E-state index contributed by atoms with van der Waals surface area (Å²) in [5.74, 6) is -1.96. The van der Waals surface area contributed by atoms with Gasteiger partial charge in [-0.15, -0.1) is 0 Å². The zero-order valence-corrected chi connectivity index (χ0v) is 16.1. The van der Waals surface area contributed by atoms with Gasteiger partial charge in [0.25, 0.3) is 0 Å². The van der Waals surface area contributed by atoms with Crippen molar-refractivity contribution in [2.75, 3.05) is 24.7 Å². The highest BCUT2D eigenvalue weighted by Crippen LogP contribution is 2.13. The van der Waals surface area contributed by atoms with Gasteiger partial charge >= 0.3 is 11.9 Å². The van der Waals surface area contributed by atoms with Crippen molar-refractivity contribution in [1.29, 1.82) is 0 Å². The molecular formula is C20H28N4O4. The van der Waals surface area contributed by atoms with Crippen molar-refractivity contribution >= 4 is 23.3 Å². The number of hydrogen-bond donors (Lipinski definition) is 5. The van der Waals surface area contributed by atoms with Gasteiger partial charge in [-0.1, -0.05) is 24.3 Å². The summed E-state index contributed by atoms with van der Waals surface area (Å²) in [5, 5.41) is 17.2. The Bertz CT molecular complexity index is 761. The van der Waals surface area contributed by atoms with Gasteiger partial charge < -0.3 is 32.3 Å². The van der Waals surface area contributed by atoms with Gasteiger partial charge in [0.2, 0.25) is 0 Å². The molecule has 0 amide bonds. The predicted octanol–water partition coefficient (Wildman–Crippen LogP) is 0.930. The lowest BCUT2D eigenvalue weighted by Crippen LogP contribution is -2.32. The van der Waals surface area contributed by atoms with E-state index in [0.29, 0.717) is 18.5 Å². The number of aliphatic carboxylic acids is 2. The number of nitrogens with zero attached hydrogens (tertiary/aromatic N) is 1. The Hall–Kier alpha value is -3.10. The van der Waals surface area contributed by atoms with Crippen molar-refractivity contribution in [3.05, 3.63) is 59.7 Å². The van der Waals surface area contributed by atoms with Gasteiger partial charge in [-0.2, -0.15) is 0 Å². The molecule has 2 unspecified atom stereocenters. The first-order chi connectivity index (χ1) is 13.1. The van der Waals surface area contributed by atoms with Crippen LogP contribution in [0.15, 0.2) is 48.5 Å². The van der Waals surface area contributed by atoms with Crippen molar-refractivity contribution in [3.63, 3.8) is 0 Å². The number of anilines is 2. The average Bonchev–Trinajstić information content (AvgIpc) is 2.64. The third-order valence-electron chi connectivity index (χ3n) is 3.98. The van der Waals surface area contributed by atoms with Gasteiger partial charge in [0.05, 0.1) is 0 Å². The molecule has 0 aliphatic carbocycles. The monoisotopic (exact) mass is 388 g/mol. The van der Waals surface area contributed by atoms with Crippen LogP contribution < -0.4 is 22.1 Å². The molecule has 2 rings (SSSR count). The van der Waals surface area contributed by atoms with Gasteiger partial charge in [-0.05, 0) is 48.2 Å². The first-order valence-electron chi connectivity index (χ1n) is 8.67. The first kappa shape index (κ1) is 22.9. The van der Waals surface area contributed by atoms with Gasteiger partial charge in [-0.3, -0.25) is 9.59 Å². The molecule has 0 fully saturated rings. The van der Waals surface area contributed by atoms with E-state index in [1.54, 1.807) is 24.3 Å². The number of rotatable bonds is 7. The second-order valence-corrected chi connectivity index (χ2v) is 6.60. The molecule has 8 N–H and O–H groups in total. The Morgan fingerprint density at radius 2 is 1.18 bits per heavy atom. The fourth-order valence-corrected chi connectivity index (χ4v) is 2.27. The molecule has 8 nitrogen and oxygen atoms in total. The lowest BCUT2D eigenvalue weighted by atomic mass is 10.1. The zero-order valence-electron chi connectivity index (χ0n) is 16.1. The molecule has 28 heavy (non-hydrogen) atoms. The molecule has 0 saturated carbocycles. The molecule has 8 heteroatoms. The molecule has 0 bridgehead atoms. The molecule has 2 aromatic rings. The third-order valence-corrected chi connectivity index (χ3v) is 3.98. The fourth-order valence-electron chi connectivity index (χ4n) is 2.27. The largest absolute Gasteiger partial charge is 0.480 e. The summed E-state index contributed by atoms with van der Waals surface area (Å²) in [7, 11) is 3.91. The van der Waals surface area contributed by atoms with Gasteiger partial charge in [0.1, 0.15) is 12.1 Å². The molecular weight excluding hydrogens is 360 g/mol. The number of nitrogens with two attached hydrogens (primary N) is 3. The Morgan fingerprint density at radius 1 is 0.821 bits per heavy atom. The highest BCUT2D eigenvalue weighted by Gasteiger charge is 2.12. The van der Waals surface area contributed by atoms with Crippen LogP contribution in [0.3, 0.4) is 0 Å². The summed E-state index contributed by atoms with van der Waals surface area (Å²) in [6.45, 7) is 0. The lowest BCUT2D eigenvalue weighted by molar-refractivity contribution is -0.139. The fraction of sp³-hybridized carbons (Fsp3) is 0.300. The average molecular weight is 388 g/mol. The summed E-state index contributed by atoms with van der Waals surface area (Å²) in [6.07, 6.45) is 0.693. The van der Waals surface area contributed by atoms with Crippen LogP contribution in [-0.4, -0.2) is 48.3 Å². The second-order valence-electron chi connectivity index (χ2n) is 6.60. The van der Waals surface area contributed by atoms with Crippen LogP contribution in [0.2, 0.25) is 0 Å². The van der Waals surface area contributed by atoms with E-state index in [4.69, 9.17) is 27.4 Å². The minimum Gasteiger partial charge on any atom is -0.480 e. The third kappa shape index (κ3) is 8.07. The Balaban J connectivity index is 0.000000283. The van der Waals surface area contributed by atoms with E-state index in [1.165, 1.54) is 0 Å². The van der Waals surface area contributed by atoms with Gasteiger partial charge in [0.15, 0.2) is 0 Å². The number of benzene rings is 2. The molecule has 2 aromatic carbocycles. The zero-order chi connectivity index (χ0) is 21.3. The molecule has 2 atom stereocenters. The Morgan fingerprint density at radius 3 is 1.50 bits per heavy atom. The topological polar surface area (TPSA) is 156 Å². The minimum atomic E-state index is -0.989. The van der Waals surface area contributed by atoms with Crippen molar-refractivity contribution < 1.29 is 19.8 Å². The second kappa shape index (κ2) is 10.9. The maximum atomic E-state index is 10.5. The van der Waals surface area contributed by atoms with E-state index < -0.39 is 24.0 Å². The van der Waals surface area contributed by atoms with Crippen molar-refractivity contribution in [2.45, 2.75) is 24.9 Å². The molecule has 0 heterocycles. The van der Waals surface area contributed by atoms with E-state index >= 15 is 0 Å². The summed E-state index contributed by atoms with van der Waals surface area (Å²) in [5.41, 5.74) is 19.8. The minimum absolute atomic E-state index is 0.329. The predicted molar refractivity (Wildman–Crippen MR) is 110 cm³/mol. The highest BCUT2D eigenvalue weighted by atomic mass is 16.4. The van der Waals surface area contributed by atoms with Crippen LogP contribution in [0, 0.1) is 0 Å². The van der Waals surface area contributed by atoms with E-state index in [-0.39, 0.29) is 0 Å². The molecule has 0 aliphatic rings. The van der Waals surface area contributed by atoms with E-state index in [9.17, 15) is 9.59 Å². The van der Waals surface area contributed by atoms with Crippen LogP contribution >= 0.6 is 0 Å². The highest BCUT2D eigenvalue weighted by molar-refractivity contribution is 5.74. The molecule has 0 aliphatic heterocycles. The summed E-state index contributed by atoms with van der Waals surface area (Å²) in [4.78, 5) is 23.0. The summed E-state index contributed by atoms with van der Waals surface area (Å²) < 4.78 is 0. The Labute approximate surface area is 164 Å². The van der Waals surface area contributed by atoms with Crippen molar-refractivity contribution in [3.8, 4) is 0 Å². The van der Waals surface area contributed by atoms with Crippen LogP contribution in [0.4, 0.5) is 11.4 Å². The molecule has 0 radical (unpaired) electrons. The lowest BCUT2D eigenvalue weighted by Gasteiger charge is -2.13. The number of carbonyl (C=O) groups is 2. The number of carboxylic acid groups (broad SMARTS) is 2. The molecule has 152 valence electrons. The van der Waals surface area contributed by atoms with Crippen LogP contribution in [0.5, 0.6) is 0 Å². The number of hydrogen-bond acceptors (Lipinski definition) is 6. The smallest absolute Gasteiger partial charge is 0.320 e. The summed E-state index contributed by atoms with van der Waals surface area (Å²) >= 11 is 0. The van der Waals surface area contributed by atoms with Gasteiger partial charge in [0, 0.05) is 25.5 Å². The molecule has 0 spiro atoms. The first-order valence-corrected chi connectivity index (χ1v) is 8.67. The van der Waals surface area contributed by atoms with E-state index in [2.05, 4.69) is 0 Å². The van der Waals surface area contributed by atoms with Crippen LogP contribution in [0.25, 0.3) is 0 Å². The maximum absolute atomic E-state index is 10.5. The summed E-state index contributed by atoms with van der Waals surface area (Å²) in [6, 6.07) is 13.0. The van der Waals surface area contributed by atoms with Crippen LogP contribution in [0.1, 0.15) is 11.1 Å². The normalized spacial score (nSPS) is 12.3. The Kier molecular flexibility index (Phi) is 8.94. The van der Waals surface area contributed by atoms with E-state index in [0.717, 1.165) is 16.8 Å². The SMILES string of the molecule is CN(C)c1ccc(CC(N)C(=O)O)cc1.Nc1ccc(CC(N)C(=O)O)cc1. The van der Waals surface area contributed by atoms with Crippen molar-refractivity contribution in [1.82, 2.24) is 0 Å². The number of nitrogen functional groups attached to an aromatic ring is 1. The maximum Gasteiger partial charge on any atom is 0.320 e. The van der Waals surface area contributed by atoms with Crippen molar-refractivity contribution in [2.24, 2.45) is 11.5 Å². The molecule has 0 saturated heterocycles. The van der Waals surface area contributed by atoms with Gasteiger partial charge in [-0.25, -0.2) is 0 Å². The standard InChI is InChI=1S/C11H16N2O2.C9H12N2O2/c1-13(2)9-5-3-8(4-6-9)7-10(12)11(14)15;10-7-3-1-6(2-4-7)5-8(11)9(12)13/h3-6,10H,7,12H2,1-2H3,(H,14,15);1-4,8H,5,10-11H2,(H,12,13). The van der Waals surface area contributed by atoms with Crippen LogP contribution in [-0.2, 0) is 22.4 Å².